The van der Waals surface area contributed by atoms with E-state index >= 15 is 0 Å². The van der Waals surface area contributed by atoms with Crippen molar-refractivity contribution >= 4 is 33.9 Å². The van der Waals surface area contributed by atoms with Crippen molar-refractivity contribution in [2.45, 2.75) is 20.3 Å². The number of rotatable bonds is 4. The van der Waals surface area contributed by atoms with Crippen molar-refractivity contribution in [2.75, 3.05) is 19.7 Å². The molecule has 1 saturated heterocycles. The zero-order valence-electron chi connectivity index (χ0n) is 13.5. The van der Waals surface area contributed by atoms with E-state index in [1.54, 1.807) is 11.0 Å². The number of nitrogens with zero attached hydrogens (tertiary/aromatic N) is 1. The van der Waals surface area contributed by atoms with E-state index in [1.165, 1.54) is 6.08 Å². The Balaban J connectivity index is 1.82. The van der Waals surface area contributed by atoms with Crippen molar-refractivity contribution in [1.29, 1.82) is 0 Å². The lowest BCUT2D eigenvalue weighted by Gasteiger charge is -2.34. The number of likely N-dealkylation sites (tertiary alicyclic amines) is 1. The number of hydrogen-bond acceptors (Lipinski definition) is 3. The lowest BCUT2D eigenvalue weighted by Crippen LogP contribution is -2.44. The van der Waals surface area contributed by atoms with Crippen molar-refractivity contribution in [1.82, 2.24) is 4.90 Å². The van der Waals surface area contributed by atoms with Gasteiger partial charge in [0.15, 0.2) is 6.61 Å². The maximum Gasteiger partial charge on any atom is 0.331 e. The van der Waals surface area contributed by atoms with E-state index in [9.17, 15) is 9.59 Å². The van der Waals surface area contributed by atoms with E-state index in [4.69, 9.17) is 4.74 Å². The lowest BCUT2D eigenvalue weighted by molar-refractivity contribution is -0.149. The minimum absolute atomic E-state index is 0.119. The molecular weight excluding hydrogens is 358 g/mol. The maximum atomic E-state index is 12.1. The molecule has 1 aromatic rings. The molecule has 1 aliphatic heterocycles. The fraction of sp³-hybridized carbons (Fsp3) is 0.444. The Morgan fingerprint density at radius 2 is 1.91 bits per heavy atom. The number of hydrogen-bond donors (Lipinski definition) is 0. The standard InChI is InChI=1S/C18H22BrNO3/c1-13-9-14(2)11-20(10-13)17(21)12-23-18(22)8-7-15-5-3-4-6-16(15)19/h3-8,13-14H,9-12H2,1-2H3/b8-7+/t13-,14-/m1/s1. The Hall–Kier alpha value is -1.62. The summed E-state index contributed by atoms with van der Waals surface area (Å²) in [6.07, 6.45) is 4.15. The maximum absolute atomic E-state index is 12.1. The van der Waals surface area contributed by atoms with E-state index in [0.29, 0.717) is 11.8 Å². The number of esters is 1. The second-order valence-corrected chi connectivity index (χ2v) is 7.06. The van der Waals surface area contributed by atoms with Gasteiger partial charge in [-0.25, -0.2) is 4.79 Å². The third-order valence-electron chi connectivity index (χ3n) is 3.86. The van der Waals surface area contributed by atoms with Crippen molar-refractivity contribution in [3.63, 3.8) is 0 Å². The first-order valence-corrected chi connectivity index (χ1v) is 8.62. The second-order valence-electron chi connectivity index (χ2n) is 6.21. The van der Waals surface area contributed by atoms with Crippen LogP contribution in [0.25, 0.3) is 6.08 Å². The zero-order valence-corrected chi connectivity index (χ0v) is 15.1. The molecule has 1 fully saturated rings. The quantitative estimate of drug-likeness (QED) is 0.593. The van der Waals surface area contributed by atoms with Gasteiger partial charge in [0.1, 0.15) is 0 Å². The van der Waals surface area contributed by atoms with E-state index in [1.807, 2.05) is 24.3 Å². The summed E-state index contributed by atoms with van der Waals surface area (Å²) in [5.41, 5.74) is 0.884. The molecule has 0 aromatic heterocycles. The van der Waals surface area contributed by atoms with Crippen LogP contribution in [0.5, 0.6) is 0 Å². The van der Waals surface area contributed by atoms with E-state index in [2.05, 4.69) is 29.8 Å². The molecule has 2 rings (SSSR count). The van der Waals surface area contributed by atoms with E-state index in [0.717, 1.165) is 29.5 Å². The molecule has 0 saturated carbocycles. The normalized spacial score (nSPS) is 21.4. The number of carbonyl (C=O) groups excluding carboxylic acids is 2. The largest absolute Gasteiger partial charge is 0.452 e. The topological polar surface area (TPSA) is 46.6 Å². The first kappa shape index (κ1) is 17.7. The van der Waals surface area contributed by atoms with Crippen LogP contribution in [0.4, 0.5) is 0 Å². The summed E-state index contributed by atoms with van der Waals surface area (Å²) in [5.74, 6) is 0.362. The number of carbonyl (C=O) groups is 2. The van der Waals surface area contributed by atoms with Gasteiger partial charge in [-0.05, 0) is 36.0 Å². The van der Waals surface area contributed by atoms with Gasteiger partial charge in [0.05, 0.1) is 0 Å². The molecule has 4 nitrogen and oxygen atoms in total. The van der Waals surface area contributed by atoms with Gasteiger partial charge in [0.2, 0.25) is 0 Å². The van der Waals surface area contributed by atoms with Crippen molar-refractivity contribution in [3.8, 4) is 0 Å². The van der Waals surface area contributed by atoms with Gasteiger partial charge in [-0.1, -0.05) is 48.0 Å². The Bertz CT molecular complexity index is 590. The SMILES string of the molecule is C[C@@H]1C[C@@H](C)CN(C(=O)COC(=O)/C=C/c2ccccc2Br)C1. The average molecular weight is 380 g/mol. The Morgan fingerprint density at radius 3 is 2.57 bits per heavy atom. The third kappa shape index (κ3) is 5.50. The van der Waals surface area contributed by atoms with Crippen LogP contribution in [0.15, 0.2) is 34.8 Å². The van der Waals surface area contributed by atoms with E-state index in [-0.39, 0.29) is 12.5 Å². The number of amides is 1. The highest BCUT2D eigenvalue weighted by Crippen LogP contribution is 2.21. The fourth-order valence-electron chi connectivity index (χ4n) is 2.91. The molecule has 0 N–H and O–H groups in total. The van der Waals surface area contributed by atoms with Crippen LogP contribution >= 0.6 is 15.9 Å². The van der Waals surface area contributed by atoms with Crippen molar-refractivity contribution in [2.24, 2.45) is 11.8 Å². The molecule has 5 heteroatoms. The molecule has 23 heavy (non-hydrogen) atoms. The highest BCUT2D eigenvalue weighted by atomic mass is 79.9. The molecule has 1 amide bonds. The summed E-state index contributed by atoms with van der Waals surface area (Å²) in [5, 5.41) is 0. The first-order chi connectivity index (χ1) is 11.0. The molecule has 124 valence electrons. The molecule has 0 spiro atoms. The van der Waals surface area contributed by atoms with Crippen LogP contribution in [-0.4, -0.2) is 36.5 Å². The van der Waals surface area contributed by atoms with Gasteiger partial charge in [0.25, 0.3) is 5.91 Å². The third-order valence-corrected chi connectivity index (χ3v) is 4.59. The molecule has 0 bridgehead atoms. The minimum atomic E-state index is -0.507. The van der Waals surface area contributed by atoms with Crippen LogP contribution in [-0.2, 0) is 14.3 Å². The fourth-order valence-corrected chi connectivity index (χ4v) is 3.32. The summed E-state index contributed by atoms with van der Waals surface area (Å²) in [4.78, 5) is 25.7. The van der Waals surface area contributed by atoms with Crippen molar-refractivity contribution < 1.29 is 14.3 Å². The number of benzene rings is 1. The molecule has 1 heterocycles. The summed E-state index contributed by atoms with van der Waals surface area (Å²) in [6.45, 7) is 5.57. The molecule has 2 atom stereocenters. The Labute approximate surface area is 145 Å². The number of piperidine rings is 1. The number of halogens is 1. The summed E-state index contributed by atoms with van der Waals surface area (Å²) in [6, 6.07) is 7.57. The average Bonchev–Trinajstić information content (AvgIpc) is 2.51. The smallest absolute Gasteiger partial charge is 0.331 e. The Kier molecular flexibility index (Phi) is 6.39. The van der Waals surface area contributed by atoms with Gasteiger partial charge in [-0.15, -0.1) is 0 Å². The molecule has 1 aromatic carbocycles. The second kappa shape index (κ2) is 8.29. The van der Waals surface area contributed by atoms with E-state index < -0.39 is 5.97 Å². The minimum Gasteiger partial charge on any atom is -0.452 e. The van der Waals surface area contributed by atoms with Crippen molar-refractivity contribution in [3.05, 3.63) is 40.4 Å². The van der Waals surface area contributed by atoms with Gasteiger partial charge >= 0.3 is 5.97 Å². The molecule has 0 aliphatic carbocycles. The zero-order chi connectivity index (χ0) is 16.8. The molecule has 0 radical (unpaired) electrons. The highest BCUT2D eigenvalue weighted by molar-refractivity contribution is 9.10. The molecule has 1 aliphatic rings. The van der Waals surface area contributed by atoms with Crippen LogP contribution in [0.2, 0.25) is 0 Å². The first-order valence-electron chi connectivity index (χ1n) is 7.83. The summed E-state index contributed by atoms with van der Waals surface area (Å²) in [7, 11) is 0. The molecule has 0 unspecified atom stereocenters. The summed E-state index contributed by atoms with van der Waals surface area (Å²) < 4.78 is 5.96. The predicted molar refractivity (Wildman–Crippen MR) is 93.7 cm³/mol. The predicted octanol–water partition coefficient (Wildman–Crippen LogP) is 3.51. The lowest BCUT2D eigenvalue weighted by atomic mass is 9.92. The summed E-state index contributed by atoms with van der Waals surface area (Å²) >= 11 is 3.41. The highest BCUT2D eigenvalue weighted by Gasteiger charge is 2.25. The van der Waals surface area contributed by atoms with Crippen LogP contribution in [0.1, 0.15) is 25.8 Å². The van der Waals surface area contributed by atoms with Gasteiger partial charge in [-0.2, -0.15) is 0 Å². The van der Waals surface area contributed by atoms with Crippen LogP contribution < -0.4 is 0 Å². The Morgan fingerprint density at radius 1 is 1.26 bits per heavy atom. The van der Waals surface area contributed by atoms with Gasteiger partial charge in [0, 0.05) is 23.6 Å². The van der Waals surface area contributed by atoms with Gasteiger partial charge < -0.3 is 9.64 Å². The monoisotopic (exact) mass is 379 g/mol. The number of ether oxygens (including phenoxy) is 1. The van der Waals surface area contributed by atoms with Crippen LogP contribution in [0.3, 0.4) is 0 Å². The molecular formula is C18H22BrNO3. The van der Waals surface area contributed by atoms with Crippen LogP contribution in [0, 0.1) is 11.8 Å². The van der Waals surface area contributed by atoms with Gasteiger partial charge in [-0.3, -0.25) is 4.79 Å².